The van der Waals surface area contributed by atoms with Gasteiger partial charge in [0.25, 0.3) is 0 Å². The zero-order valence-electron chi connectivity index (χ0n) is 6.77. The Bertz CT molecular complexity index is 205. The monoisotopic (exact) mass is 205 g/mol. The number of aliphatic hydroxyl groups is 2. The maximum absolute atomic E-state index is 9.42. The summed E-state index contributed by atoms with van der Waals surface area (Å²) < 4.78 is 1.33. The molecule has 2 rings (SSSR count). The van der Waals surface area contributed by atoms with Gasteiger partial charge in [-0.3, -0.25) is 0 Å². The molecule has 0 aliphatic carbocycles. The minimum atomic E-state index is -0.616. The molecule has 0 aromatic carbocycles. The van der Waals surface area contributed by atoms with Crippen LogP contribution in [0.25, 0.3) is 0 Å². The van der Waals surface area contributed by atoms with Crippen molar-refractivity contribution in [2.75, 3.05) is 17.3 Å². The third-order valence-electron chi connectivity index (χ3n) is 2.14. The molecule has 1 unspecified atom stereocenters. The van der Waals surface area contributed by atoms with Gasteiger partial charge in [0, 0.05) is 29.1 Å². The van der Waals surface area contributed by atoms with Crippen molar-refractivity contribution in [3.63, 3.8) is 0 Å². The van der Waals surface area contributed by atoms with Crippen LogP contribution in [0.5, 0.6) is 0 Å². The quantitative estimate of drug-likeness (QED) is 0.560. The summed E-state index contributed by atoms with van der Waals surface area (Å²) in [6, 6.07) is 0. The molecule has 68 valence electrons. The Hall–Kier alpha value is 0.360. The Morgan fingerprint density at radius 3 is 3.17 bits per heavy atom. The average molecular weight is 205 g/mol. The number of aliphatic hydroxyl groups excluding tert-OH is 2. The third kappa shape index (κ3) is 1.66. The zero-order valence-corrected chi connectivity index (χ0v) is 8.40. The van der Waals surface area contributed by atoms with Crippen LogP contribution < -0.4 is 0 Å². The molecule has 0 radical (unpaired) electrons. The first kappa shape index (κ1) is 8.94. The lowest BCUT2D eigenvalue weighted by Gasteiger charge is -2.25. The van der Waals surface area contributed by atoms with Crippen LogP contribution in [0, 0.1) is 0 Å². The topological polar surface area (TPSA) is 40.5 Å². The molecule has 2 nitrogen and oxygen atoms in total. The molecule has 0 aromatic heterocycles. The van der Waals surface area contributed by atoms with Gasteiger partial charge in [0.05, 0.1) is 0 Å². The van der Waals surface area contributed by atoms with Crippen LogP contribution >= 0.6 is 11.8 Å². The van der Waals surface area contributed by atoms with E-state index in [4.69, 9.17) is 0 Å². The van der Waals surface area contributed by atoms with E-state index in [1.54, 1.807) is 0 Å². The molecule has 1 fully saturated rings. The van der Waals surface area contributed by atoms with Gasteiger partial charge in [-0.15, -0.1) is 0 Å². The zero-order chi connectivity index (χ0) is 8.55. The van der Waals surface area contributed by atoms with Crippen molar-refractivity contribution < 1.29 is 10.2 Å². The molecule has 4 heteroatoms. The number of rotatable bonds is 0. The maximum atomic E-state index is 9.42. The second-order valence-electron chi connectivity index (χ2n) is 3.11. The molecule has 0 bridgehead atoms. The van der Waals surface area contributed by atoms with E-state index in [2.05, 4.69) is 0 Å². The molecule has 2 aliphatic heterocycles. The average Bonchev–Trinajstić information content (AvgIpc) is 2.07. The van der Waals surface area contributed by atoms with Crippen LogP contribution in [-0.2, 0) is 10.9 Å². The van der Waals surface area contributed by atoms with Crippen molar-refractivity contribution in [3.05, 3.63) is 10.3 Å². The fourth-order valence-corrected chi connectivity index (χ4v) is 5.70. The number of fused-ring (bicyclic) bond motifs is 1. The van der Waals surface area contributed by atoms with Gasteiger partial charge in [-0.25, -0.2) is 0 Å². The first-order chi connectivity index (χ1) is 5.77. The smallest absolute Gasteiger partial charge is 0.187 e. The van der Waals surface area contributed by atoms with Crippen LogP contribution in [0.1, 0.15) is 6.42 Å². The van der Waals surface area contributed by atoms with Gasteiger partial charge in [0.2, 0.25) is 0 Å². The van der Waals surface area contributed by atoms with Crippen LogP contribution in [0.3, 0.4) is 0 Å². The molecule has 2 N–H and O–H groups in total. The van der Waals surface area contributed by atoms with E-state index < -0.39 is 12.2 Å². The molecular formula is C8H13O2S2+. The predicted octanol–water partition coefficient (Wildman–Crippen LogP) is 0.318. The highest BCUT2D eigenvalue weighted by molar-refractivity contribution is 8.21. The Morgan fingerprint density at radius 1 is 1.50 bits per heavy atom. The molecule has 0 spiro atoms. The van der Waals surface area contributed by atoms with Crippen molar-refractivity contribution in [1.29, 1.82) is 0 Å². The van der Waals surface area contributed by atoms with Crippen molar-refractivity contribution >= 4 is 22.7 Å². The Labute approximate surface area is 79.4 Å². The number of hydrogen-bond donors (Lipinski definition) is 2. The summed E-state index contributed by atoms with van der Waals surface area (Å²) in [5, 5.41) is 18.8. The predicted molar refractivity (Wildman–Crippen MR) is 54.3 cm³/mol. The highest BCUT2D eigenvalue weighted by Crippen LogP contribution is 2.35. The molecule has 2 heterocycles. The van der Waals surface area contributed by atoms with Gasteiger partial charge in [0.1, 0.15) is 23.7 Å². The molecule has 12 heavy (non-hydrogen) atoms. The van der Waals surface area contributed by atoms with E-state index in [1.165, 1.54) is 22.2 Å². The minimum absolute atomic E-state index is 0.261. The minimum Gasteiger partial charge on any atom is -0.386 e. The Morgan fingerprint density at radius 2 is 2.33 bits per heavy atom. The first-order valence-corrected chi connectivity index (χ1v) is 6.70. The van der Waals surface area contributed by atoms with Crippen LogP contribution in [0.2, 0.25) is 0 Å². The lowest BCUT2D eigenvalue weighted by atomic mass is 10.2. The van der Waals surface area contributed by atoms with Crippen molar-refractivity contribution in [3.8, 4) is 0 Å². The van der Waals surface area contributed by atoms with Crippen molar-refractivity contribution in [1.82, 2.24) is 0 Å². The second kappa shape index (κ2) is 3.62. The Balaban J connectivity index is 2.14. The van der Waals surface area contributed by atoms with Gasteiger partial charge in [-0.05, 0) is 0 Å². The molecular weight excluding hydrogens is 192 g/mol. The summed E-state index contributed by atoms with van der Waals surface area (Å²) in [7, 11) is 0.261. The molecule has 1 saturated heterocycles. The summed E-state index contributed by atoms with van der Waals surface area (Å²) in [6.07, 6.45) is 1.97. The summed E-state index contributed by atoms with van der Waals surface area (Å²) >= 11 is 1.86. The van der Waals surface area contributed by atoms with Gasteiger partial charge in [-0.2, -0.15) is 0 Å². The van der Waals surface area contributed by atoms with E-state index in [9.17, 15) is 10.2 Å². The van der Waals surface area contributed by atoms with Crippen LogP contribution in [0.15, 0.2) is 10.3 Å². The highest BCUT2D eigenvalue weighted by atomic mass is 32.2. The number of thioether (sulfide) groups is 1. The summed E-state index contributed by atoms with van der Waals surface area (Å²) in [5.41, 5.74) is 0. The number of hydrogen-bond acceptors (Lipinski definition) is 3. The summed E-state index contributed by atoms with van der Waals surface area (Å²) in [5.74, 6) is 3.17. The third-order valence-corrected chi connectivity index (χ3v) is 6.34. The van der Waals surface area contributed by atoms with E-state index >= 15 is 0 Å². The molecule has 3 atom stereocenters. The van der Waals surface area contributed by atoms with E-state index in [-0.39, 0.29) is 10.9 Å². The van der Waals surface area contributed by atoms with Gasteiger partial charge in [-0.1, -0.05) is 11.8 Å². The van der Waals surface area contributed by atoms with Crippen molar-refractivity contribution in [2.24, 2.45) is 0 Å². The fourth-order valence-electron chi connectivity index (χ4n) is 1.45. The first-order valence-electron chi connectivity index (χ1n) is 4.15. The molecule has 0 amide bonds. The SMILES string of the molecule is O[C@@H]1C[S+]2CCCSC2=C[C@@H]1O. The highest BCUT2D eigenvalue weighted by Gasteiger charge is 2.38. The fraction of sp³-hybridized carbons (Fsp3) is 0.750. The molecule has 0 aromatic rings. The molecule has 0 saturated carbocycles. The maximum Gasteiger partial charge on any atom is 0.187 e. The second-order valence-corrected chi connectivity index (χ2v) is 6.67. The van der Waals surface area contributed by atoms with E-state index in [0.29, 0.717) is 0 Å². The Kier molecular flexibility index (Phi) is 2.69. The standard InChI is InChI=1S/C8H13O2S2/c9-6-4-8-11-2-1-3-12(8)5-7(6)10/h4,6-7,9-10H,1-3,5H2/q+1/t6-,7+,12?/m0/s1. The van der Waals surface area contributed by atoms with Crippen LogP contribution in [-0.4, -0.2) is 39.7 Å². The van der Waals surface area contributed by atoms with Gasteiger partial charge < -0.3 is 10.2 Å². The lowest BCUT2D eigenvalue weighted by molar-refractivity contribution is 0.0634. The van der Waals surface area contributed by atoms with E-state index in [1.807, 2.05) is 17.8 Å². The normalized spacial score (nSPS) is 41.8. The lowest BCUT2D eigenvalue weighted by Crippen LogP contribution is -2.38. The largest absolute Gasteiger partial charge is 0.386 e. The van der Waals surface area contributed by atoms with Crippen molar-refractivity contribution in [2.45, 2.75) is 18.6 Å². The van der Waals surface area contributed by atoms with E-state index in [0.717, 1.165) is 5.75 Å². The summed E-state index contributed by atoms with van der Waals surface area (Å²) in [6.45, 7) is 0. The summed E-state index contributed by atoms with van der Waals surface area (Å²) in [4.78, 5) is 0. The van der Waals surface area contributed by atoms with Gasteiger partial charge >= 0.3 is 0 Å². The van der Waals surface area contributed by atoms with Crippen LogP contribution in [0.4, 0.5) is 0 Å². The van der Waals surface area contributed by atoms with Gasteiger partial charge in [0.15, 0.2) is 4.24 Å². The molecule has 2 aliphatic rings.